The molecule has 0 aliphatic carbocycles. The molecule has 1 N–H and O–H groups in total. The molecule has 2 aromatic rings. The number of hydrogen-bond acceptors (Lipinski definition) is 5. The molecule has 128 valence electrons. The van der Waals surface area contributed by atoms with Gasteiger partial charge in [0, 0.05) is 24.4 Å². The SMILES string of the molecule is Cc1ccc(S(=O)(=O)n2ccc(C3(O)CC[CH+]OCCO3)c2)cc1. The minimum Gasteiger partial charge on any atom is -0.362 e. The second-order valence-corrected chi connectivity index (χ2v) is 7.60. The molecule has 3 rings (SSSR count). The van der Waals surface area contributed by atoms with Gasteiger partial charge < -0.3 is 9.84 Å². The summed E-state index contributed by atoms with van der Waals surface area (Å²) < 4.78 is 37.1. The van der Waals surface area contributed by atoms with Crippen LogP contribution < -0.4 is 0 Å². The topological polar surface area (TPSA) is 77.8 Å². The standard InChI is InChI=1S/C17H20NO5S/c1-14-3-5-16(6-4-14)24(20,21)18-9-7-15(13-18)17(19)8-2-10-22-11-12-23-17/h3-7,9-10,13,19H,2,8,11-12H2,1H3/q+1. The molecule has 1 aromatic heterocycles. The molecule has 0 amide bonds. The van der Waals surface area contributed by atoms with Crippen LogP contribution in [-0.4, -0.2) is 30.7 Å². The number of aromatic nitrogens is 1. The molecule has 1 atom stereocenters. The van der Waals surface area contributed by atoms with Gasteiger partial charge in [0.1, 0.15) is 13.0 Å². The van der Waals surface area contributed by atoms with Crippen molar-refractivity contribution in [3.8, 4) is 0 Å². The zero-order valence-electron chi connectivity index (χ0n) is 13.4. The molecular weight excluding hydrogens is 330 g/mol. The van der Waals surface area contributed by atoms with Gasteiger partial charge in [-0.3, -0.25) is 0 Å². The van der Waals surface area contributed by atoms with Crippen LogP contribution in [0.3, 0.4) is 0 Å². The largest absolute Gasteiger partial charge is 0.362 e. The average Bonchev–Trinajstić information content (AvgIpc) is 3.03. The lowest BCUT2D eigenvalue weighted by Gasteiger charge is -2.27. The zero-order chi connectivity index (χ0) is 17.2. The number of nitrogens with zero attached hydrogens (tertiary/aromatic N) is 1. The molecule has 7 heteroatoms. The van der Waals surface area contributed by atoms with Crippen LogP contribution >= 0.6 is 0 Å². The third kappa shape index (κ3) is 3.34. The van der Waals surface area contributed by atoms with E-state index in [0.717, 1.165) is 9.54 Å². The van der Waals surface area contributed by atoms with Crippen molar-refractivity contribution >= 4 is 10.0 Å². The maximum absolute atomic E-state index is 12.7. The monoisotopic (exact) mass is 350 g/mol. The van der Waals surface area contributed by atoms with Gasteiger partial charge in [-0.05, 0) is 25.1 Å². The van der Waals surface area contributed by atoms with E-state index in [4.69, 9.17) is 9.47 Å². The average molecular weight is 350 g/mol. The van der Waals surface area contributed by atoms with Crippen molar-refractivity contribution in [3.63, 3.8) is 0 Å². The van der Waals surface area contributed by atoms with E-state index in [0.29, 0.717) is 25.0 Å². The van der Waals surface area contributed by atoms with Crippen molar-refractivity contribution in [1.82, 2.24) is 3.97 Å². The van der Waals surface area contributed by atoms with Crippen LogP contribution in [0.15, 0.2) is 47.6 Å². The Balaban J connectivity index is 1.90. The van der Waals surface area contributed by atoms with Gasteiger partial charge in [-0.2, -0.15) is 4.74 Å². The molecule has 1 aliphatic heterocycles. The van der Waals surface area contributed by atoms with Crippen LogP contribution in [-0.2, 0) is 25.3 Å². The second-order valence-electron chi connectivity index (χ2n) is 5.76. The first-order valence-electron chi connectivity index (χ1n) is 7.72. The summed E-state index contributed by atoms with van der Waals surface area (Å²) in [6.45, 7) is 4.10. The number of hydrogen-bond donors (Lipinski definition) is 1. The summed E-state index contributed by atoms with van der Waals surface area (Å²) in [6, 6.07) is 8.20. The normalized spacial score (nSPS) is 22.4. The molecular formula is C17H20NO5S+. The second kappa shape index (κ2) is 6.60. The van der Waals surface area contributed by atoms with Crippen molar-refractivity contribution in [2.75, 3.05) is 13.2 Å². The van der Waals surface area contributed by atoms with Gasteiger partial charge in [-0.25, -0.2) is 12.4 Å². The van der Waals surface area contributed by atoms with Crippen molar-refractivity contribution in [1.29, 1.82) is 0 Å². The predicted octanol–water partition coefficient (Wildman–Crippen LogP) is 2.17. The Kier molecular flexibility index (Phi) is 4.69. The van der Waals surface area contributed by atoms with Gasteiger partial charge >= 0.3 is 0 Å². The highest BCUT2D eigenvalue weighted by Gasteiger charge is 2.35. The number of aryl methyl sites for hydroxylation is 1. The molecule has 0 saturated carbocycles. The lowest BCUT2D eigenvalue weighted by Crippen LogP contribution is -2.32. The van der Waals surface area contributed by atoms with Crippen LogP contribution in [0.25, 0.3) is 0 Å². The minimum atomic E-state index is -3.70. The molecule has 1 aromatic carbocycles. The van der Waals surface area contributed by atoms with E-state index in [2.05, 4.69) is 0 Å². The van der Waals surface area contributed by atoms with Gasteiger partial charge in [-0.15, -0.1) is 0 Å². The smallest absolute Gasteiger partial charge is 0.267 e. The molecule has 1 fully saturated rings. The number of rotatable bonds is 3. The Labute approximate surface area is 141 Å². The van der Waals surface area contributed by atoms with Gasteiger partial charge in [0.15, 0.2) is 5.79 Å². The van der Waals surface area contributed by atoms with E-state index >= 15 is 0 Å². The van der Waals surface area contributed by atoms with E-state index in [1.54, 1.807) is 36.9 Å². The third-order valence-electron chi connectivity index (χ3n) is 3.98. The minimum absolute atomic E-state index is 0.197. The van der Waals surface area contributed by atoms with E-state index in [-0.39, 0.29) is 11.5 Å². The first-order chi connectivity index (χ1) is 11.4. The van der Waals surface area contributed by atoms with Gasteiger partial charge in [-0.1, -0.05) is 17.7 Å². The molecule has 0 bridgehead atoms. The summed E-state index contributed by atoms with van der Waals surface area (Å²) in [6.07, 6.45) is 3.62. The highest BCUT2D eigenvalue weighted by atomic mass is 32.2. The molecule has 1 saturated heterocycles. The lowest BCUT2D eigenvalue weighted by molar-refractivity contribution is -0.228. The maximum Gasteiger partial charge on any atom is 0.267 e. The predicted molar refractivity (Wildman–Crippen MR) is 87.5 cm³/mol. The Morgan fingerprint density at radius 2 is 1.96 bits per heavy atom. The molecule has 2 heterocycles. The van der Waals surface area contributed by atoms with Crippen molar-refractivity contribution in [2.24, 2.45) is 0 Å². The first kappa shape index (κ1) is 17.0. The van der Waals surface area contributed by atoms with Crippen molar-refractivity contribution in [3.05, 3.63) is 60.5 Å². The van der Waals surface area contributed by atoms with Crippen molar-refractivity contribution < 1.29 is 23.0 Å². The van der Waals surface area contributed by atoms with Gasteiger partial charge in [0.2, 0.25) is 6.61 Å². The molecule has 1 aliphatic rings. The molecule has 0 radical (unpaired) electrons. The Morgan fingerprint density at radius 3 is 2.71 bits per heavy atom. The summed E-state index contributed by atoms with van der Waals surface area (Å²) in [5, 5.41) is 10.7. The van der Waals surface area contributed by atoms with Crippen LogP contribution in [0, 0.1) is 13.5 Å². The van der Waals surface area contributed by atoms with E-state index < -0.39 is 15.8 Å². The summed E-state index contributed by atoms with van der Waals surface area (Å²) in [4.78, 5) is 0.197. The Bertz CT molecular complexity index is 787. The molecule has 6 nitrogen and oxygen atoms in total. The highest BCUT2D eigenvalue weighted by Crippen LogP contribution is 2.31. The first-order valence-corrected chi connectivity index (χ1v) is 9.16. The Morgan fingerprint density at radius 1 is 1.21 bits per heavy atom. The zero-order valence-corrected chi connectivity index (χ0v) is 14.2. The summed E-state index contributed by atoms with van der Waals surface area (Å²) in [7, 11) is -3.70. The summed E-state index contributed by atoms with van der Waals surface area (Å²) in [5.41, 5.74) is 1.39. The summed E-state index contributed by atoms with van der Waals surface area (Å²) >= 11 is 0. The highest BCUT2D eigenvalue weighted by molar-refractivity contribution is 7.90. The van der Waals surface area contributed by atoms with Gasteiger partial charge in [0.25, 0.3) is 10.0 Å². The fourth-order valence-corrected chi connectivity index (χ4v) is 3.77. The number of ether oxygens (including phenoxy) is 2. The van der Waals surface area contributed by atoms with Crippen LogP contribution in [0.5, 0.6) is 0 Å². The van der Waals surface area contributed by atoms with E-state index in [1.165, 1.54) is 12.4 Å². The molecule has 1 unspecified atom stereocenters. The van der Waals surface area contributed by atoms with Crippen LogP contribution in [0.1, 0.15) is 24.0 Å². The fraction of sp³-hybridized carbons (Fsp3) is 0.353. The third-order valence-corrected chi connectivity index (χ3v) is 5.63. The number of aliphatic hydroxyl groups is 1. The summed E-state index contributed by atoms with van der Waals surface area (Å²) in [5.74, 6) is -1.52. The van der Waals surface area contributed by atoms with Crippen LogP contribution in [0.2, 0.25) is 0 Å². The maximum atomic E-state index is 12.7. The molecule has 24 heavy (non-hydrogen) atoms. The van der Waals surface area contributed by atoms with Crippen molar-refractivity contribution in [2.45, 2.75) is 30.4 Å². The van der Waals surface area contributed by atoms with E-state index in [9.17, 15) is 13.5 Å². The number of benzene rings is 1. The van der Waals surface area contributed by atoms with E-state index in [1.807, 2.05) is 6.92 Å². The lowest BCUT2D eigenvalue weighted by atomic mass is 10.0. The van der Waals surface area contributed by atoms with Crippen LogP contribution in [0.4, 0.5) is 0 Å². The molecule has 0 spiro atoms. The quantitative estimate of drug-likeness (QED) is 0.859. The van der Waals surface area contributed by atoms with Gasteiger partial charge in [0.05, 0.1) is 11.5 Å². The fourth-order valence-electron chi connectivity index (χ4n) is 2.57. The Hall–Kier alpha value is -1.80.